The van der Waals surface area contributed by atoms with Gasteiger partial charge in [-0.1, -0.05) is 6.92 Å². The molecule has 1 aromatic carbocycles. The summed E-state index contributed by atoms with van der Waals surface area (Å²) in [5, 5.41) is 11.0. The van der Waals surface area contributed by atoms with E-state index in [0.29, 0.717) is 6.42 Å². The topological polar surface area (TPSA) is 88.8 Å². The van der Waals surface area contributed by atoms with Crippen LogP contribution in [0.5, 0.6) is 5.75 Å². The second-order valence-corrected chi connectivity index (χ2v) is 4.98. The molecule has 1 aromatic heterocycles. The molecule has 0 unspecified atom stereocenters. The van der Waals surface area contributed by atoms with Gasteiger partial charge in [0.25, 0.3) is 5.91 Å². The molecule has 1 amide bonds. The van der Waals surface area contributed by atoms with Crippen LogP contribution in [0.4, 0.5) is 18.9 Å². The zero-order valence-corrected chi connectivity index (χ0v) is 13.0. The molecule has 0 fully saturated rings. The summed E-state index contributed by atoms with van der Waals surface area (Å²) < 4.78 is 48.8. The molecule has 6 nitrogen and oxygen atoms in total. The average Bonchev–Trinajstić information content (AvgIpc) is 3.03. The van der Waals surface area contributed by atoms with Gasteiger partial charge in [0.15, 0.2) is 5.76 Å². The molecule has 25 heavy (non-hydrogen) atoms. The molecule has 9 heteroatoms. The summed E-state index contributed by atoms with van der Waals surface area (Å²) >= 11 is 0. The number of alkyl halides is 3. The van der Waals surface area contributed by atoms with Crippen LogP contribution in [-0.4, -0.2) is 23.6 Å². The Hall–Kier alpha value is -2.97. The van der Waals surface area contributed by atoms with Crippen molar-refractivity contribution in [2.45, 2.75) is 19.5 Å². The maximum absolute atomic E-state index is 12.9. The highest BCUT2D eigenvalue weighted by atomic mass is 19.4. The Balaban J connectivity index is 2.30. The number of halogens is 3. The summed E-state index contributed by atoms with van der Waals surface area (Å²) in [6.45, 7) is 2.07. The first-order chi connectivity index (χ1) is 11.7. The lowest BCUT2D eigenvalue weighted by molar-refractivity contribution is -0.137. The third kappa shape index (κ3) is 4.52. The number of carbonyl (C=O) groups is 2. The molecule has 0 atom stereocenters. The van der Waals surface area contributed by atoms with Gasteiger partial charge in [-0.25, -0.2) is 4.79 Å². The molecule has 0 aliphatic carbocycles. The Bertz CT molecular complexity index is 782. The SMILES string of the molecule is CCCOc1ccc(C(F)(F)F)cc1NC(=O)c1ccc(C(=O)O)o1. The molecule has 0 saturated carbocycles. The number of carboxylic acid groups (broad SMARTS) is 1. The second-order valence-electron chi connectivity index (χ2n) is 4.98. The molecular weight excluding hydrogens is 343 g/mol. The number of hydrogen-bond acceptors (Lipinski definition) is 4. The maximum atomic E-state index is 12.9. The zero-order chi connectivity index (χ0) is 18.6. The van der Waals surface area contributed by atoms with Crippen LogP contribution < -0.4 is 10.1 Å². The smallest absolute Gasteiger partial charge is 0.416 e. The minimum atomic E-state index is -4.59. The van der Waals surface area contributed by atoms with Gasteiger partial charge < -0.3 is 19.6 Å². The van der Waals surface area contributed by atoms with E-state index >= 15 is 0 Å². The van der Waals surface area contributed by atoms with Crippen LogP contribution >= 0.6 is 0 Å². The number of amides is 1. The van der Waals surface area contributed by atoms with Crippen LogP contribution in [0.15, 0.2) is 34.7 Å². The number of nitrogens with one attached hydrogen (secondary N) is 1. The summed E-state index contributed by atoms with van der Waals surface area (Å²) in [5.41, 5.74) is -1.15. The third-order valence-corrected chi connectivity index (χ3v) is 3.06. The van der Waals surface area contributed by atoms with E-state index in [9.17, 15) is 22.8 Å². The number of benzene rings is 1. The van der Waals surface area contributed by atoms with Crippen molar-refractivity contribution >= 4 is 17.6 Å². The van der Waals surface area contributed by atoms with Gasteiger partial charge >= 0.3 is 12.1 Å². The van der Waals surface area contributed by atoms with Gasteiger partial charge in [-0.15, -0.1) is 0 Å². The molecule has 1 heterocycles. The number of ether oxygens (including phenoxy) is 1. The Morgan fingerprint density at radius 3 is 2.44 bits per heavy atom. The summed E-state index contributed by atoms with van der Waals surface area (Å²) in [5.74, 6) is -3.01. The lowest BCUT2D eigenvalue weighted by atomic mass is 10.1. The predicted octanol–water partition coefficient (Wildman–Crippen LogP) is 4.04. The Labute approximate surface area is 140 Å². The van der Waals surface area contributed by atoms with Crippen molar-refractivity contribution in [3.63, 3.8) is 0 Å². The van der Waals surface area contributed by atoms with Crippen molar-refractivity contribution in [2.24, 2.45) is 0 Å². The predicted molar refractivity (Wildman–Crippen MR) is 80.9 cm³/mol. The van der Waals surface area contributed by atoms with Crippen molar-refractivity contribution in [1.29, 1.82) is 0 Å². The van der Waals surface area contributed by atoms with Crippen LogP contribution in [0.1, 0.15) is 40.0 Å². The maximum Gasteiger partial charge on any atom is 0.416 e. The normalized spacial score (nSPS) is 11.2. The third-order valence-electron chi connectivity index (χ3n) is 3.06. The van der Waals surface area contributed by atoms with Gasteiger partial charge in [0, 0.05) is 0 Å². The lowest BCUT2D eigenvalue weighted by Crippen LogP contribution is -2.14. The van der Waals surface area contributed by atoms with Crippen molar-refractivity contribution in [3.8, 4) is 5.75 Å². The monoisotopic (exact) mass is 357 g/mol. The van der Waals surface area contributed by atoms with E-state index in [2.05, 4.69) is 5.32 Å². The highest BCUT2D eigenvalue weighted by Crippen LogP contribution is 2.35. The van der Waals surface area contributed by atoms with Crippen molar-refractivity contribution in [3.05, 3.63) is 47.4 Å². The fourth-order valence-electron chi connectivity index (χ4n) is 1.90. The molecule has 0 aliphatic heterocycles. The summed E-state index contributed by atoms with van der Waals surface area (Å²) in [4.78, 5) is 22.9. The molecule has 0 bridgehead atoms. The summed E-state index contributed by atoms with van der Waals surface area (Å²) in [6, 6.07) is 4.87. The van der Waals surface area contributed by atoms with Crippen LogP contribution in [0.25, 0.3) is 0 Å². The number of anilines is 1. The molecule has 0 radical (unpaired) electrons. The molecule has 134 valence electrons. The van der Waals surface area contributed by atoms with Crippen LogP contribution in [0.2, 0.25) is 0 Å². The van der Waals surface area contributed by atoms with Gasteiger partial charge in [0.05, 0.1) is 17.9 Å². The fraction of sp³-hybridized carbons (Fsp3) is 0.250. The van der Waals surface area contributed by atoms with E-state index in [4.69, 9.17) is 14.3 Å². The second kappa shape index (κ2) is 7.29. The number of rotatable bonds is 6. The molecule has 0 saturated heterocycles. The van der Waals surface area contributed by atoms with E-state index in [0.717, 1.165) is 30.3 Å². The molecular formula is C16H14F3NO5. The number of carboxylic acids is 1. The van der Waals surface area contributed by atoms with Crippen molar-refractivity contribution in [1.82, 2.24) is 0 Å². The van der Waals surface area contributed by atoms with E-state index in [1.54, 1.807) is 0 Å². The number of aromatic carboxylic acids is 1. The molecule has 0 aliphatic rings. The van der Waals surface area contributed by atoms with Crippen LogP contribution in [0, 0.1) is 0 Å². The van der Waals surface area contributed by atoms with Gasteiger partial charge in [-0.2, -0.15) is 13.2 Å². The summed E-state index contributed by atoms with van der Waals surface area (Å²) in [6.07, 6.45) is -3.97. The molecule has 2 N–H and O–H groups in total. The highest BCUT2D eigenvalue weighted by molar-refractivity contribution is 6.03. The van der Waals surface area contributed by atoms with Gasteiger partial charge in [0.1, 0.15) is 5.75 Å². The van der Waals surface area contributed by atoms with E-state index in [-0.39, 0.29) is 23.8 Å². The summed E-state index contributed by atoms with van der Waals surface area (Å²) in [7, 11) is 0. The first kappa shape index (κ1) is 18.4. The van der Waals surface area contributed by atoms with Gasteiger partial charge in [-0.3, -0.25) is 4.79 Å². The first-order valence-electron chi connectivity index (χ1n) is 7.21. The van der Waals surface area contributed by atoms with Crippen LogP contribution in [0.3, 0.4) is 0 Å². The van der Waals surface area contributed by atoms with E-state index in [1.165, 1.54) is 0 Å². The zero-order valence-electron chi connectivity index (χ0n) is 13.0. The molecule has 0 spiro atoms. The minimum Gasteiger partial charge on any atom is -0.491 e. The standard InChI is InChI=1S/C16H14F3NO5/c1-2-7-24-11-4-3-9(16(17,18)19)8-10(11)20-14(21)12-5-6-13(25-12)15(22)23/h3-6,8H,2,7H2,1H3,(H,20,21)(H,22,23). The first-order valence-corrected chi connectivity index (χ1v) is 7.21. The van der Waals surface area contributed by atoms with Crippen LogP contribution in [-0.2, 0) is 6.18 Å². The Kier molecular flexibility index (Phi) is 5.35. The van der Waals surface area contributed by atoms with E-state index < -0.39 is 29.4 Å². The Morgan fingerprint density at radius 2 is 1.88 bits per heavy atom. The Morgan fingerprint density at radius 1 is 1.20 bits per heavy atom. The largest absolute Gasteiger partial charge is 0.491 e. The lowest BCUT2D eigenvalue weighted by Gasteiger charge is -2.14. The highest BCUT2D eigenvalue weighted by Gasteiger charge is 2.31. The van der Waals surface area contributed by atoms with Gasteiger partial charge in [-0.05, 0) is 36.8 Å². The number of furan rings is 1. The van der Waals surface area contributed by atoms with Crippen molar-refractivity contribution in [2.75, 3.05) is 11.9 Å². The average molecular weight is 357 g/mol. The fourth-order valence-corrected chi connectivity index (χ4v) is 1.90. The molecule has 2 aromatic rings. The minimum absolute atomic E-state index is 0.0632. The van der Waals surface area contributed by atoms with Crippen molar-refractivity contribution < 1.29 is 37.0 Å². The number of carbonyl (C=O) groups excluding carboxylic acids is 1. The molecule has 2 rings (SSSR count). The van der Waals surface area contributed by atoms with E-state index in [1.807, 2.05) is 6.92 Å². The quantitative estimate of drug-likeness (QED) is 0.815. The van der Waals surface area contributed by atoms with Gasteiger partial charge in [0.2, 0.25) is 5.76 Å². The number of hydrogen-bond donors (Lipinski definition) is 2.